The van der Waals surface area contributed by atoms with Crippen LogP contribution >= 0.6 is 0 Å². The molecule has 0 bridgehead atoms. The first-order valence-corrected chi connectivity index (χ1v) is 8.94. The Bertz CT molecular complexity index is 1030. The van der Waals surface area contributed by atoms with Crippen LogP contribution in [0.4, 0.5) is 0 Å². The Morgan fingerprint density at radius 3 is 2.67 bits per heavy atom. The van der Waals surface area contributed by atoms with Gasteiger partial charge in [0.1, 0.15) is 17.1 Å². The van der Waals surface area contributed by atoms with Crippen molar-refractivity contribution in [2.24, 2.45) is 0 Å². The third-order valence-electron chi connectivity index (χ3n) is 4.32. The molecule has 0 aliphatic heterocycles. The first-order chi connectivity index (χ1) is 13.0. The summed E-state index contributed by atoms with van der Waals surface area (Å²) in [5.74, 6) is 0.701. The van der Waals surface area contributed by atoms with E-state index in [2.05, 4.69) is 0 Å². The van der Waals surface area contributed by atoms with E-state index in [0.717, 1.165) is 34.2 Å². The molecule has 0 unspecified atom stereocenters. The highest BCUT2D eigenvalue weighted by Gasteiger charge is 2.10. The molecule has 0 saturated carbocycles. The molecule has 5 heteroatoms. The first kappa shape index (κ1) is 18.7. The Morgan fingerprint density at radius 1 is 1.07 bits per heavy atom. The number of aryl methyl sites for hydroxylation is 3. The predicted octanol–water partition coefficient (Wildman–Crippen LogP) is 4.35. The van der Waals surface area contributed by atoms with Gasteiger partial charge < -0.3 is 13.9 Å². The van der Waals surface area contributed by atoms with Gasteiger partial charge in [0.25, 0.3) is 0 Å². The molecule has 5 nitrogen and oxygen atoms in total. The first-order valence-electron chi connectivity index (χ1n) is 8.94. The molecule has 27 heavy (non-hydrogen) atoms. The van der Waals surface area contributed by atoms with Crippen molar-refractivity contribution in [3.8, 4) is 11.5 Å². The van der Waals surface area contributed by atoms with Crippen molar-refractivity contribution < 1.29 is 18.7 Å². The van der Waals surface area contributed by atoms with Gasteiger partial charge in [0, 0.05) is 17.5 Å². The number of carbonyl (C=O) groups excluding carboxylic acids is 1. The summed E-state index contributed by atoms with van der Waals surface area (Å²) in [4.78, 5) is 23.7. The van der Waals surface area contributed by atoms with Gasteiger partial charge in [-0.25, -0.2) is 4.79 Å². The van der Waals surface area contributed by atoms with E-state index in [1.165, 1.54) is 6.07 Å². The number of ether oxygens (including phenoxy) is 2. The maximum atomic E-state index is 12.1. The molecule has 3 aromatic rings. The molecule has 0 fully saturated rings. The highest BCUT2D eigenvalue weighted by atomic mass is 16.5. The van der Waals surface area contributed by atoms with Crippen molar-refractivity contribution in [1.29, 1.82) is 0 Å². The molecule has 3 rings (SSSR count). The van der Waals surface area contributed by atoms with E-state index in [1.807, 2.05) is 39.0 Å². The van der Waals surface area contributed by atoms with Gasteiger partial charge in [-0.1, -0.05) is 19.1 Å². The quantitative estimate of drug-likeness (QED) is 0.369. The van der Waals surface area contributed by atoms with Crippen molar-refractivity contribution in [3.05, 3.63) is 69.6 Å². The van der Waals surface area contributed by atoms with E-state index in [0.29, 0.717) is 11.3 Å². The molecular formula is C22H22O5. The van der Waals surface area contributed by atoms with Gasteiger partial charge in [0.05, 0.1) is 13.0 Å². The summed E-state index contributed by atoms with van der Waals surface area (Å²) in [5.41, 5.74) is 3.02. The zero-order chi connectivity index (χ0) is 19.4. The fourth-order valence-electron chi connectivity index (χ4n) is 2.86. The minimum atomic E-state index is -0.412. The lowest BCUT2D eigenvalue weighted by molar-refractivity contribution is -0.134. The summed E-state index contributed by atoms with van der Waals surface area (Å²) in [5, 5.41) is 0.843. The number of carbonyl (C=O) groups is 1. The van der Waals surface area contributed by atoms with Crippen LogP contribution in [0, 0.1) is 13.8 Å². The lowest BCUT2D eigenvalue weighted by Gasteiger charge is -2.10. The standard InChI is InChI=1S/C22H22O5/c1-4-16-12-22(24)27-20-13-17(7-8-18(16)20)26-21(23)9-10-25-19-11-14(2)5-6-15(19)3/h5-8,11-13H,4,9-10H2,1-3H3. The molecule has 0 N–H and O–H groups in total. The van der Waals surface area contributed by atoms with Gasteiger partial charge >= 0.3 is 11.6 Å². The van der Waals surface area contributed by atoms with Gasteiger partial charge in [0.15, 0.2) is 0 Å². The molecule has 0 aliphatic rings. The number of hydrogen-bond donors (Lipinski definition) is 0. The molecule has 140 valence electrons. The average molecular weight is 366 g/mol. The van der Waals surface area contributed by atoms with E-state index in [1.54, 1.807) is 18.2 Å². The summed E-state index contributed by atoms with van der Waals surface area (Å²) < 4.78 is 16.2. The second-order valence-electron chi connectivity index (χ2n) is 6.44. The maximum Gasteiger partial charge on any atom is 0.336 e. The second-order valence-corrected chi connectivity index (χ2v) is 6.44. The van der Waals surface area contributed by atoms with Crippen molar-refractivity contribution >= 4 is 16.9 Å². The number of hydrogen-bond acceptors (Lipinski definition) is 5. The van der Waals surface area contributed by atoms with Crippen LogP contribution in [0.1, 0.15) is 30.0 Å². The number of rotatable bonds is 6. The Morgan fingerprint density at radius 2 is 1.89 bits per heavy atom. The zero-order valence-electron chi connectivity index (χ0n) is 15.7. The Hall–Kier alpha value is -3.08. The highest BCUT2D eigenvalue weighted by molar-refractivity contribution is 5.82. The minimum absolute atomic E-state index is 0.115. The normalized spacial score (nSPS) is 10.8. The van der Waals surface area contributed by atoms with Crippen molar-refractivity contribution in [2.45, 2.75) is 33.6 Å². The topological polar surface area (TPSA) is 65.7 Å². The molecule has 0 saturated heterocycles. The van der Waals surface area contributed by atoms with Gasteiger partial charge in [-0.15, -0.1) is 0 Å². The molecule has 1 heterocycles. The van der Waals surface area contributed by atoms with E-state index < -0.39 is 11.6 Å². The van der Waals surface area contributed by atoms with Gasteiger partial charge in [-0.2, -0.15) is 0 Å². The Kier molecular flexibility index (Phi) is 5.60. The van der Waals surface area contributed by atoms with E-state index in [4.69, 9.17) is 13.9 Å². The fourth-order valence-corrected chi connectivity index (χ4v) is 2.86. The Balaban J connectivity index is 1.64. The fraction of sp³-hybridized carbons (Fsp3) is 0.273. The lowest BCUT2D eigenvalue weighted by atomic mass is 10.1. The molecule has 2 aromatic carbocycles. The van der Waals surface area contributed by atoms with E-state index in [-0.39, 0.29) is 13.0 Å². The van der Waals surface area contributed by atoms with E-state index >= 15 is 0 Å². The summed E-state index contributed by atoms with van der Waals surface area (Å²) in [6.07, 6.45) is 0.835. The SMILES string of the molecule is CCc1cc(=O)oc2cc(OC(=O)CCOc3cc(C)ccc3C)ccc12. The number of esters is 1. The highest BCUT2D eigenvalue weighted by Crippen LogP contribution is 2.23. The maximum absolute atomic E-state index is 12.1. The van der Waals surface area contributed by atoms with Crippen LogP contribution in [0.15, 0.2) is 51.7 Å². The van der Waals surface area contributed by atoms with E-state index in [9.17, 15) is 9.59 Å². The molecule has 0 aliphatic carbocycles. The van der Waals surface area contributed by atoms with Crippen LogP contribution in [-0.2, 0) is 11.2 Å². The average Bonchev–Trinajstić information content (AvgIpc) is 2.63. The summed E-state index contributed by atoms with van der Waals surface area (Å²) in [6.45, 7) is 6.15. The predicted molar refractivity (Wildman–Crippen MR) is 104 cm³/mol. The van der Waals surface area contributed by atoms with Crippen LogP contribution in [0.3, 0.4) is 0 Å². The van der Waals surface area contributed by atoms with Crippen LogP contribution < -0.4 is 15.1 Å². The van der Waals surface area contributed by atoms with Crippen molar-refractivity contribution in [1.82, 2.24) is 0 Å². The number of fused-ring (bicyclic) bond motifs is 1. The van der Waals surface area contributed by atoms with Crippen LogP contribution in [-0.4, -0.2) is 12.6 Å². The third kappa shape index (κ3) is 4.56. The second kappa shape index (κ2) is 8.08. The summed E-state index contributed by atoms with van der Waals surface area (Å²) in [7, 11) is 0. The molecule has 0 spiro atoms. The zero-order valence-corrected chi connectivity index (χ0v) is 15.7. The lowest BCUT2D eigenvalue weighted by Crippen LogP contribution is -2.13. The molecular weight excluding hydrogens is 344 g/mol. The molecule has 0 radical (unpaired) electrons. The molecule has 0 atom stereocenters. The molecule has 1 aromatic heterocycles. The number of benzene rings is 2. The van der Waals surface area contributed by atoms with Crippen molar-refractivity contribution in [3.63, 3.8) is 0 Å². The van der Waals surface area contributed by atoms with Crippen LogP contribution in [0.5, 0.6) is 11.5 Å². The van der Waals surface area contributed by atoms with Gasteiger partial charge in [-0.05, 0) is 55.2 Å². The van der Waals surface area contributed by atoms with Gasteiger partial charge in [-0.3, -0.25) is 4.79 Å². The van der Waals surface area contributed by atoms with Crippen molar-refractivity contribution in [2.75, 3.05) is 6.61 Å². The Labute approximate surface area is 157 Å². The minimum Gasteiger partial charge on any atom is -0.493 e. The third-order valence-corrected chi connectivity index (χ3v) is 4.32. The monoisotopic (exact) mass is 366 g/mol. The van der Waals surface area contributed by atoms with Gasteiger partial charge in [0.2, 0.25) is 0 Å². The summed E-state index contributed by atoms with van der Waals surface area (Å²) in [6, 6.07) is 12.5. The molecule has 0 amide bonds. The smallest absolute Gasteiger partial charge is 0.336 e. The summed E-state index contributed by atoms with van der Waals surface area (Å²) >= 11 is 0. The largest absolute Gasteiger partial charge is 0.493 e. The van der Waals surface area contributed by atoms with Crippen LogP contribution in [0.2, 0.25) is 0 Å². The van der Waals surface area contributed by atoms with Crippen LogP contribution in [0.25, 0.3) is 11.0 Å².